The van der Waals surface area contributed by atoms with Gasteiger partial charge in [0.05, 0.1) is 24.0 Å². The molecule has 0 saturated carbocycles. The fraction of sp³-hybridized carbons (Fsp3) is 0.381. The quantitative estimate of drug-likeness (QED) is 0.508. The summed E-state index contributed by atoms with van der Waals surface area (Å²) in [6.07, 6.45) is -2.24. The van der Waals surface area contributed by atoms with E-state index in [1.54, 1.807) is 0 Å². The SMILES string of the molecule is CC(C)(C)c1cc(C(=O)Nc2cnn(Cc3ccc(C(C)(F)F)cc3C(F)(F)F)c2)no1. The number of anilines is 1. The average molecular weight is 456 g/mol. The van der Waals surface area contributed by atoms with E-state index >= 15 is 0 Å². The van der Waals surface area contributed by atoms with Crippen molar-refractivity contribution in [2.75, 3.05) is 5.32 Å². The smallest absolute Gasteiger partial charge is 0.360 e. The standard InChI is InChI=1S/C21H21F5N4O2/c1-19(2,3)17-8-16(29-32-17)18(31)28-14-9-27-30(11-14)10-12-5-6-13(20(4,22)23)7-15(12)21(24,25)26/h5-9,11H,10H2,1-4H3,(H,28,31). The Morgan fingerprint density at radius 1 is 1.09 bits per heavy atom. The first-order valence-corrected chi connectivity index (χ1v) is 9.54. The second-order valence-corrected chi connectivity index (χ2v) is 8.47. The van der Waals surface area contributed by atoms with Gasteiger partial charge in [-0.25, -0.2) is 8.78 Å². The number of benzene rings is 1. The summed E-state index contributed by atoms with van der Waals surface area (Å²) in [6, 6.07) is 3.90. The normalized spacial score (nSPS) is 12.8. The van der Waals surface area contributed by atoms with Crippen LogP contribution in [0.2, 0.25) is 0 Å². The van der Waals surface area contributed by atoms with Crippen LogP contribution in [0.1, 0.15) is 60.6 Å². The summed E-state index contributed by atoms with van der Waals surface area (Å²) < 4.78 is 73.5. The summed E-state index contributed by atoms with van der Waals surface area (Å²) in [4.78, 5) is 12.3. The van der Waals surface area contributed by atoms with Crippen LogP contribution in [0.5, 0.6) is 0 Å². The average Bonchev–Trinajstić information content (AvgIpc) is 3.29. The van der Waals surface area contributed by atoms with Gasteiger partial charge < -0.3 is 9.84 Å². The number of halogens is 5. The molecule has 3 rings (SSSR count). The van der Waals surface area contributed by atoms with Gasteiger partial charge in [-0.05, 0) is 11.6 Å². The molecular formula is C21H21F5N4O2. The first-order chi connectivity index (χ1) is 14.6. The van der Waals surface area contributed by atoms with Crippen LogP contribution in [-0.4, -0.2) is 20.8 Å². The maximum absolute atomic E-state index is 13.5. The zero-order chi connectivity index (χ0) is 23.9. The van der Waals surface area contributed by atoms with Crippen molar-refractivity contribution < 1.29 is 31.3 Å². The van der Waals surface area contributed by atoms with Gasteiger partial charge in [0.25, 0.3) is 11.8 Å². The number of alkyl halides is 5. The van der Waals surface area contributed by atoms with Crippen molar-refractivity contribution in [3.63, 3.8) is 0 Å². The highest BCUT2D eigenvalue weighted by molar-refractivity contribution is 6.02. The lowest BCUT2D eigenvalue weighted by molar-refractivity contribution is -0.138. The highest BCUT2D eigenvalue weighted by atomic mass is 19.4. The molecule has 0 unspecified atom stereocenters. The molecule has 0 radical (unpaired) electrons. The third kappa shape index (κ3) is 5.32. The minimum Gasteiger partial charge on any atom is -0.360 e. The number of nitrogens with zero attached hydrogens (tertiary/aromatic N) is 3. The number of nitrogens with one attached hydrogen (secondary N) is 1. The van der Waals surface area contributed by atoms with Crippen molar-refractivity contribution in [1.82, 2.24) is 14.9 Å². The largest absolute Gasteiger partial charge is 0.416 e. The molecule has 0 fully saturated rings. The van der Waals surface area contributed by atoms with Crippen molar-refractivity contribution in [1.29, 1.82) is 0 Å². The predicted octanol–water partition coefficient (Wildman–Crippen LogP) is 5.60. The zero-order valence-electron chi connectivity index (χ0n) is 17.7. The van der Waals surface area contributed by atoms with E-state index < -0.39 is 29.1 Å². The van der Waals surface area contributed by atoms with E-state index in [0.29, 0.717) is 18.8 Å². The van der Waals surface area contributed by atoms with E-state index in [0.717, 1.165) is 16.8 Å². The Balaban J connectivity index is 1.78. The zero-order valence-corrected chi connectivity index (χ0v) is 17.7. The summed E-state index contributed by atoms with van der Waals surface area (Å²) in [5.74, 6) is -3.47. The second kappa shape index (κ2) is 8.03. The number of rotatable bonds is 5. The number of carbonyl (C=O) groups excluding carboxylic acids is 1. The van der Waals surface area contributed by atoms with Crippen LogP contribution in [-0.2, 0) is 24.1 Å². The summed E-state index contributed by atoms with van der Waals surface area (Å²) in [5, 5.41) is 10.2. The lowest BCUT2D eigenvalue weighted by Gasteiger charge is -2.17. The van der Waals surface area contributed by atoms with Gasteiger partial charge >= 0.3 is 6.18 Å². The molecule has 1 aromatic carbocycles. The maximum Gasteiger partial charge on any atom is 0.416 e. The molecule has 3 aromatic rings. The van der Waals surface area contributed by atoms with Crippen LogP contribution < -0.4 is 5.32 Å². The van der Waals surface area contributed by atoms with Crippen molar-refractivity contribution in [3.8, 4) is 0 Å². The van der Waals surface area contributed by atoms with E-state index in [-0.39, 0.29) is 28.9 Å². The van der Waals surface area contributed by atoms with E-state index in [2.05, 4.69) is 15.6 Å². The molecule has 6 nitrogen and oxygen atoms in total. The Labute approximate surface area is 180 Å². The van der Waals surface area contributed by atoms with Gasteiger partial charge in [-0.15, -0.1) is 0 Å². The topological polar surface area (TPSA) is 73.0 Å². The monoisotopic (exact) mass is 456 g/mol. The maximum atomic E-state index is 13.5. The molecule has 0 aliphatic rings. The Morgan fingerprint density at radius 3 is 2.34 bits per heavy atom. The van der Waals surface area contributed by atoms with Gasteiger partial charge in [0, 0.05) is 30.2 Å². The van der Waals surface area contributed by atoms with Crippen molar-refractivity contribution in [2.45, 2.75) is 51.8 Å². The Bertz CT molecular complexity index is 1120. The highest BCUT2D eigenvalue weighted by Crippen LogP contribution is 2.36. The molecule has 0 saturated heterocycles. The molecule has 0 spiro atoms. The summed E-state index contributed by atoms with van der Waals surface area (Å²) >= 11 is 0. The lowest BCUT2D eigenvalue weighted by Crippen LogP contribution is -2.16. The van der Waals surface area contributed by atoms with E-state index in [1.165, 1.54) is 18.5 Å². The molecule has 1 N–H and O–H groups in total. The summed E-state index contributed by atoms with van der Waals surface area (Å²) in [6.45, 7) is 5.87. The van der Waals surface area contributed by atoms with Gasteiger partial charge in [0.15, 0.2) is 5.69 Å². The molecular weight excluding hydrogens is 435 g/mol. The van der Waals surface area contributed by atoms with Crippen LogP contribution in [0, 0.1) is 0 Å². The van der Waals surface area contributed by atoms with Gasteiger partial charge in [0.2, 0.25) is 0 Å². The van der Waals surface area contributed by atoms with Crippen molar-refractivity contribution in [3.05, 3.63) is 64.8 Å². The minimum absolute atomic E-state index is 0.0399. The molecule has 11 heteroatoms. The fourth-order valence-corrected chi connectivity index (χ4v) is 2.87. The molecule has 32 heavy (non-hydrogen) atoms. The van der Waals surface area contributed by atoms with Gasteiger partial charge in [-0.3, -0.25) is 9.48 Å². The molecule has 172 valence electrons. The van der Waals surface area contributed by atoms with Crippen LogP contribution in [0.25, 0.3) is 0 Å². The second-order valence-electron chi connectivity index (χ2n) is 8.47. The number of aromatic nitrogens is 3. The van der Waals surface area contributed by atoms with Crippen molar-refractivity contribution in [2.24, 2.45) is 0 Å². The number of hydrogen-bond donors (Lipinski definition) is 1. The Morgan fingerprint density at radius 2 is 1.78 bits per heavy atom. The Hall–Kier alpha value is -3.24. The third-order valence-electron chi connectivity index (χ3n) is 4.63. The molecule has 2 heterocycles. The minimum atomic E-state index is -4.82. The van der Waals surface area contributed by atoms with E-state index in [4.69, 9.17) is 4.52 Å². The highest BCUT2D eigenvalue weighted by Gasteiger charge is 2.36. The summed E-state index contributed by atoms with van der Waals surface area (Å²) in [7, 11) is 0. The van der Waals surface area contributed by atoms with Crippen LogP contribution in [0.4, 0.5) is 27.6 Å². The molecule has 0 aliphatic carbocycles. The van der Waals surface area contributed by atoms with Crippen LogP contribution >= 0.6 is 0 Å². The van der Waals surface area contributed by atoms with E-state index in [1.807, 2.05) is 20.8 Å². The fourth-order valence-electron chi connectivity index (χ4n) is 2.87. The predicted molar refractivity (Wildman–Crippen MR) is 105 cm³/mol. The van der Waals surface area contributed by atoms with Crippen LogP contribution in [0.15, 0.2) is 41.2 Å². The molecule has 2 aromatic heterocycles. The van der Waals surface area contributed by atoms with Gasteiger partial charge in [-0.2, -0.15) is 18.3 Å². The first-order valence-electron chi connectivity index (χ1n) is 9.54. The van der Waals surface area contributed by atoms with E-state index in [9.17, 15) is 26.7 Å². The third-order valence-corrected chi connectivity index (χ3v) is 4.63. The van der Waals surface area contributed by atoms with Crippen LogP contribution in [0.3, 0.4) is 0 Å². The first kappa shape index (κ1) is 23.4. The van der Waals surface area contributed by atoms with Crippen molar-refractivity contribution >= 4 is 11.6 Å². The number of carbonyl (C=O) groups is 1. The Kier molecular flexibility index (Phi) is 5.88. The van der Waals surface area contributed by atoms with Gasteiger partial charge in [-0.1, -0.05) is 38.1 Å². The molecule has 0 bridgehead atoms. The van der Waals surface area contributed by atoms with Gasteiger partial charge in [0.1, 0.15) is 5.76 Å². The number of amides is 1. The molecule has 0 aliphatic heterocycles. The summed E-state index contributed by atoms with van der Waals surface area (Å²) in [5.41, 5.74) is -2.22. The number of hydrogen-bond acceptors (Lipinski definition) is 4. The molecule has 0 atom stereocenters. The lowest BCUT2D eigenvalue weighted by atomic mass is 9.93. The molecule has 1 amide bonds.